The number of nitrogen functional groups attached to an aromatic ring is 1. The van der Waals surface area contributed by atoms with Gasteiger partial charge in [0.1, 0.15) is 12.4 Å². The maximum atomic E-state index is 12.5. The van der Waals surface area contributed by atoms with Gasteiger partial charge in [0, 0.05) is 13.6 Å². The Kier molecular flexibility index (Phi) is 6.99. The first-order valence-corrected chi connectivity index (χ1v) is 10.6. The molecule has 158 valence electrons. The van der Waals surface area contributed by atoms with E-state index in [9.17, 15) is 4.79 Å². The molecule has 0 aliphatic heterocycles. The fourth-order valence-electron chi connectivity index (χ4n) is 2.98. The van der Waals surface area contributed by atoms with Crippen LogP contribution in [0.25, 0.3) is 0 Å². The first-order valence-electron chi connectivity index (χ1n) is 9.66. The van der Waals surface area contributed by atoms with E-state index in [-0.39, 0.29) is 18.3 Å². The Bertz CT molecular complexity index is 1030. The second kappa shape index (κ2) is 9.67. The standard InChI is InChI=1S/C22H27N5O2S/c1-15-9-10-19(17(3)11-15)29-13-20-24-25-22(27(20)23)30-14-21(28)26(4)12-18-8-6-5-7-16(18)2/h5-11H,12-14,23H2,1-4H3. The Labute approximate surface area is 181 Å². The quantitative estimate of drug-likeness (QED) is 0.440. The van der Waals surface area contributed by atoms with E-state index in [1.54, 1.807) is 11.9 Å². The normalized spacial score (nSPS) is 10.8. The smallest absolute Gasteiger partial charge is 0.233 e. The monoisotopic (exact) mass is 425 g/mol. The van der Waals surface area contributed by atoms with E-state index in [4.69, 9.17) is 10.6 Å². The van der Waals surface area contributed by atoms with E-state index in [0.717, 1.165) is 16.9 Å². The molecule has 8 heteroatoms. The topological polar surface area (TPSA) is 86.3 Å². The lowest BCUT2D eigenvalue weighted by Crippen LogP contribution is -2.28. The van der Waals surface area contributed by atoms with Crippen molar-refractivity contribution in [3.63, 3.8) is 0 Å². The summed E-state index contributed by atoms with van der Waals surface area (Å²) in [5.74, 6) is 7.61. The van der Waals surface area contributed by atoms with Gasteiger partial charge in [-0.3, -0.25) is 4.79 Å². The summed E-state index contributed by atoms with van der Waals surface area (Å²) in [4.78, 5) is 14.2. The molecule has 0 saturated heterocycles. The first-order chi connectivity index (χ1) is 14.3. The minimum atomic E-state index is -0.000617. The van der Waals surface area contributed by atoms with E-state index in [0.29, 0.717) is 17.5 Å². The number of aromatic nitrogens is 3. The number of carbonyl (C=O) groups excluding carboxylic acids is 1. The van der Waals surface area contributed by atoms with Crippen molar-refractivity contribution in [3.8, 4) is 5.75 Å². The third-order valence-electron chi connectivity index (χ3n) is 4.84. The van der Waals surface area contributed by atoms with Crippen molar-refractivity contribution < 1.29 is 9.53 Å². The Morgan fingerprint density at radius 2 is 1.90 bits per heavy atom. The number of hydrogen-bond donors (Lipinski definition) is 1. The molecule has 0 fully saturated rings. The van der Waals surface area contributed by atoms with Gasteiger partial charge < -0.3 is 15.5 Å². The van der Waals surface area contributed by atoms with Crippen LogP contribution in [0.5, 0.6) is 5.75 Å². The first kappa shape index (κ1) is 21.7. The van der Waals surface area contributed by atoms with Crippen molar-refractivity contribution in [2.24, 2.45) is 0 Å². The highest BCUT2D eigenvalue weighted by Crippen LogP contribution is 2.21. The lowest BCUT2D eigenvalue weighted by atomic mass is 10.1. The predicted octanol–water partition coefficient (Wildman–Crippen LogP) is 3.25. The van der Waals surface area contributed by atoms with Gasteiger partial charge in [-0.15, -0.1) is 10.2 Å². The number of nitrogens with two attached hydrogens (primary N) is 1. The molecule has 3 rings (SSSR count). The summed E-state index contributed by atoms with van der Waals surface area (Å²) >= 11 is 1.26. The molecule has 1 amide bonds. The molecule has 2 N–H and O–H groups in total. The van der Waals surface area contributed by atoms with Crippen LogP contribution >= 0.6 is 11.8 Å². The number of hydrogen-bond acceptors (Lipinski definition) is 6. The van der Waals surface area contributed by atoms with Crippen LogP contribution in [0.4, 0.5) is 0 Å². The van der Waals surface area contributed by atoms with Crippen LogP contribution in [0.2, 0.25) is 0 Å². The lowest BCUT2D eigenvalue weighted by molar-refractivity contribution is -0.127. The molecule has 0 radical (unpaired) electrons. The second-order valence-corrected chi connectivity index (χ2v) is 8.23. The maximum absolute atomic E-state index is 12.5. The molecule has 7 nitrogen and oxygen atoms in total. The van der Waals surface area contributed by atoms with Crippen LogP contribution in [-0.4, -0.2) is 38.5 Å². The van der Waals surface area contributed by atoms with Gasteiger partial charge in [-0.1, -0.05) is 53.7 Å². The van der Waals surface area contributed by atoms with Crippen LogP contribution in [0.3, 0.4) is 0 Å². The SMILES string of the molecule is Cc1ccc(OCc2nnc(SCC(=O)N(C)Cc3ccccc3C)n2N)c(C)c1. The van der Waals surface area contributed by atoms with Gasteiger partial charge in [0.15, 0.2) is 5.82 Å². The molecular weight excluding hydrogens is 398 g/mol. The van der Waals surface area contributed by atoms with Crippen LogP contribution in [0, 0.1) is 20.8 Å². The summed E-state index contributed by atoms with van der Waals surface area (Å²) in [5, 5.41) is 8.67. The van der Waals surface area contributed by atoms with Crippen LogP contribution in [-0.2, 0) is 17.9 Å². The zero-order chi connectivity index (χ0) is 21.7. The Hall–Kier alpha value is -3.00. The summed E-state index contributed by atoms with van der Waals surface area (Å²) in [5.41, 5.74) is 4.53. The van der Waals surface area contributed by atoms with Gasteiger partial charge in [-0.05, 0) is 43.5 Å². The third kappa shape index (κ3) is 5.33. The fourth-order valence-corrected chi connectivity index (χ4v) is 3.79. The maximum Gasteiger partial charge on any atom is 0.233 e. The van der Waals surface area contributed by atoms with Crippen molar-refractivity contribution in [2.75, 3.05) is 18.6 Å². The summed E-state index contributed by atoms with van der Waals surface area (Å²) in [7, 11) is 1.80. The van der Waals surface area contributed by atoms with Crippen LogP contribution < -0.4 is 10.6 Å². The highest BCUT2D eigenvalue weighted by atomic mass is 32.2. The van der Waals surface area contributed by atoms with Crippen LogP contribution in [0.15, 0.2) is 47.6 Å². The number of nitrogens with zero attached hydrogens (tertiary/aromatic N) is 4. The molecular formula is C22H27N5O2S. The number of carbonyl (C=O) groups is 1. The minimum Gasteiger partial charge on any atom is -0.485 e. The summed E-state index contributed by atoms with van der Waals surface area (Å²) in [6.45, 7) is 6.85. The predicted molar refractivity (Wildman–Crippen MR) is 119 cm³/mol. The van der Waals surface area contributed by atoms with Gasteiger partial charge >= 0.3 is 0 Å². The molecule has 0 saturated carbocycles. The van der Waals surface area contributed by atoms with Crippen molar-refractivity contribution in [2.45, 2.75) is 39.1 Å². The van der Waals surface area contributed by atoms with E-state index < -0.39 is 0 Å². The third-order valence-corrected chi connectivity index (χ3v) is 5.77. The van der Waals surface area contributed by atoms with Gasteiger partial charge in [-0.25, -0.2) is 4.68 Å². The largest absolute Gasteiger partial charge is 0.485 e. The van der Waals surface area contributed by atoms with Crippen molar-refractivity contribution in [3.05, 3.63) is 70.5 Å². The Morgan fingerprint density at radius 1 is 1.13 bits per heavy atom. The number of thioether (sulfide) groups is 1. The zero-order valence-corrected chi connectivity index (χ0v) is 18.6. The molecule has 0 spiro atoms. The molecule has 30 heavy (non-hydrogen) atoms. The number of aryl methyl sites for hydroxylation is 3. The van der Waals surface area contributed by atoms with Crippen molar-refractivity contribution >= 4 is 17.7 Å². The molecule has 3 aromatic rings. The zero-order valence-electron chi connectivity index (χ0n) is 17.8. The molecule has 1 aromatic heterocycles. The lowest BCUT2D eigenvalue weighted by Gasteiger charge is -2.18. The second-order valence-electron chi connectivity index (χ2n) is 7.29. The van der Waals surface area contributed by atoms with Gasteiger partial charge in [-0.2, -0.15) is 0 Å². The number of amides is 1. The van der Waals surface area contributed by atoms with E-state index in [1.165, 1.54) is 27.6 Å². The fraction of sp³-hybridized carbons (Fsp3) is 0.318. The minimum absolute atomic E-state index is 0.000617. The number of ether oxygens (including phenoxy) is 1. The molecule has 0 aliphatic rings. The summed E-state index contributed by atoms with van der Waals surface area (Å²) in [6, 6.07) is 14.0. The van der Waals surface area contributed by atoms with Gasteiger partial charge in [0.05, 0.1) is 5.75 Å². The highest BCUT2D eigenvalue weighted by Gasteiger charge is 2.16. The average Bonchev–Trinajstić information content (AvgIpc) is 3.06. The van der Waals surface area contributed by atoms with Crippen molar-refractivity contribution in [1.82, 2.24) is 19.8 Å². The molecule has 0 unspecified atom stereocenters. The van der Waals surface area contributed by atoms with Gasteiger partial charge in [0.2, 0.25) is 11.1 Å². The van der Waals surface area contributed by atoms with E-state index >= 15 is 0 Å². The van der Waals surface area contributed by atoms with Gasteiger partial charge in [0.25, 0.3) is 0 Å². The average molecular weight is 426 g/mol. The van der Waals surface area contributed by atoms with Crippen molar-refractivity contribution in [1.29, 1.82) is 0 Å². The van der Waals surface area contributed by atoms with Crippen LogP contribution in [0.1, 0.15) is 28.1 Å². The highest BCUT2D eigenvalue weighted by molar-refractivity contribution is 7.99. The van der Waals surface area contributed by atoms with E-state index in [1.807, 2.05) is 57.2 Å². The van der Waals surface area contributed by atoms with E-state index in [2.05, 4.69) is 16.3 Å². The molecule has 1 heterocycles. The summed E-state index contributed by atoms with van der Waals surface area (Å²) < 4.78 is 7.20. The summed E-state index contributed by atoms with van der Waals surface area (Å²) in [6.07, 6.45) is 0. The number of benzene rings is 2. The Balaban J connectivity index is 1.54. The number of rotatable bonds is 8. The molecule has 0 aliphatic carbocycles. The molecule has 0 atom stereocenters. The Morgan fingerprint density at radius 3 is 2.63 bits per heavy atom. The molecule has 2 aromatic carbocycles. The molecule has 0 bridgehead atoms.